The molecule has 1 atom stereocenters. The Morgan fingerprint density at radius 2 is 1.84 bits per heavy atom. The molecule has 2 fully saturated rings. The fourth-order valence-corrected chi connectivity index (χ4v) is 7.48. The van der Waals surface area contributed by atoms with Gasteiger partial charge in [0.05, 0.1) is 29.0 Å². The number of fused-ring (bicyclic) bond motifs is 5. The van der Waals surface area contributed by atoms with Crippen molar-refractivity contribution >= 4 is 23.0 Å². The number of amides is 1. The number of esters is 1. The van der Waals surface area contributed by atoms with Gasteiger partial charge in [0.1, 0.15) is 12.4 Å². The van der Waals surface area contributed by atoms with E-state index in [1.165, 1.54) is 19.3 Å². The Labute approximate surface area is 250 Å². The highest BCUT2D eigenvalue weighted by atomic mass is 16.6. The summed E-state index contributed by atoms with van der Waals surface area (Å²) in [5.41, 5.74) is 2.32. The van der Waals surface area contributed by atoms with Crippen LogP contribution in [0.4, 0.5) is 4.79 Å². The molecule has 43 heavy (non-hydrogen) atoms. The molecule has 10 heteroatoms. The number of aliphatic hydroxyl groups is 1. The number of ether oxygens (including phenoxy) is 2. The number of pyridine rings is 2. The second-order valence-corrected chi connectivity index (χ2v) is 12.2. The number of hydrogen-bond donors (Lipinski definition) is 1. The number of aromatic nitrogens is 2. The molecule has 2 saturated heterocycles. The van der Waals surface area contributed by atoms with Crippen molar-refractivity contribution in [2.24, 2.45) is 0 Å². The largest absolute Gasteiger partial charge is 0.458 e. The van der Waals surface area contributed by atoms with Gasteiger partial charge in [0.2, 0.25) is 0 Å². The molecule has 6 heterocycles. The van der Waals surface area contributed by atoms with E-state index in [0.29, 0.717) is 59.5 Å². The van der Waals surface area contributed by atoms with Crippen molar-refractivity contribution in [1.29, 1.82) is 0 Å². The highest BCUT2D eigenvalue weighted by Gasteiger charge is 2.45. The summed E-state index contributed by atoms with van der Waals surface area (Å²) in [4.78, 5) is 48.6. The number of piperidine rings is 2. The third-order valence-electron chi connectivity index (χ3n) is 9.97. The third-order valence-corrected chi connectivity index (χ3v) is 9.97. The minimum Gasteiger partial charge on any atom is -0.458 e. The van der Waals surface area contributed by atoms with Crippen LogP contribution >= 0.6 is 0 Å². The van der Waals surface area contributed by atoms with E-state index in [9.17, 15) is 19.5 Å². The van der Waals surface area contributed by atoms with Crippen LogP contribution in [0.1, 0.15) is 74.6 Å². The van der Waals surface area contributed by atoms with Crippen molar-refractivity contribution in [1.82, 2.24) is 19.4 Å². The number of benzene rings is 1. The lowest BCUT2D eigenvalue weighted by molar-refractivity contribution is -0.172. The van der Waals surface area contributed by atoms with Crippen molar-refractivity contribution in [3.63, 3.8) is 0 Å². The van der Waals surface area contributed by atoms with E-state index >= 15 is 0 Å². The van der Waals surface area contributed by atoms with E-state index in [0.717, 1.165) is 48.9 Å². The lowest BCUT2D eigenvalue weighted by Gasteiger charge is -2.39. The number of nitrogens with zero attached hydrogens (tertiary/aromatic N) is 4. The molecule has 0 radical (unpaired) electrons. The first-order valence-corrected chi connectivity index (χ1v) is 15.7. The lowest BCUT2D eigenvalue weighted by atomic mass is 9.86. The fourth-order valence-electron chi connectivity index (χ4n) is 7.48. The maximum absolute atomic E-state index is 13.6. The second-order valence-electron chi connectivity index (χ2n) is 12.2. The minimum atomic E-state index is -1.88. The SMILES string of the molecule is CCc1c2c(nc3cc(OC(=O)N4CCC(N5CCCCC5)CC4)ccc13)-c1cc3c(c(=O)n1C2)COC(=O)[C@@]3(O)CC. The summed E-state index contributed by atoms with van der Waals surface area (Å²) in [6, 6.07) is 7.80. The summed E-state index contributed by atoms with van der Waals surface area (Å²) in [6.07, 6.45) is 6.24. The van der Waals surface area contributed by atoms with Gasteiger partial charge in [-0.25, -0.2) is 14.6 Å². The van der Waals surface area contributed by atoms with Gasteiger partial charge in [-0.05, 0) is 75.4 Å². The quantitative estimate of drug-likeness (QED) is 0.356. The normalized spacial score (nSPS) is 22.2. The molecule has 10 nitrogen and oxygen atoms in total. The number of carbonyl (C=O) groups excluding carboxylic acids is 2. The minimum absolute atomic E-state index is 0.0879. The fraction of sp³-hybridized carbons (Fsp3) is 0.515. The van der Waals surface area contributed by atoms with Crippen molar-refractivity contribution in [3.05, 3.63) is 56.9 Å². The van der Waals surface area contributed by atoms with Gasteiger partial charge in [0.25, 0.3) is 5.56 Å². The van der Waals surface area contributed by atoms with Crippen LogP contribution in [0.15, 0.2) is 29.1 Å². The van der Waals surface area contributed by atoms with E-state index in [-0.39, 0.29) is 24.7 Å². The number of cyclic esters (lactones) is 1. The number of carbonyl (C=O) groups is 2. The van der Waals surface area contributed by atoms with Crippen LogP contribution in [-0.2, 0) is 34.7 Å². The standard InChI is InChI=1S/C33H38N4O6/c1-3-22-23-9-8-21(43-32(40)36-14-10-20(11-15-36)35-12-6-5-7-13-35)16-27(23)34-29-24(22)18-37-28(29)17-26-25(30(37)38)19-42-31(39)33(26,41)4-2/h8-9,16-17,20,41H,3-7,10-15,18-19H2,1-2H3/t33-/m1/s1. The Morgan fingerprint density at radius 3 is 2.56 bits per heavy atom. The molecule has 0 spiro atoms. The molecule has 1 N–H and O–H groups in total. The van der Waals surface area contributed by atoms with Crippen LogP contribution in [0.5, 0.6) is 5.75 Å². The smallest absolute Gasteiger partial charge is 0.415 e. The zero-order valence-electron chi connectivity index (χ0n) is 24.9. The molecule has 4 aliphatic rings. The Kier molecular flexibility index (Phi) is 7.01. The van der Waals surface area contributed by atoms with Gasteiger partial charge in [-0.3, -0.25) is 4.79 Å². The molecular weight excluding hydrogens is 548 g/mol. The molecule has 0 saturated carbocycles. The molecule has 3 aromatic rings. The first-order chi connectivity index (χ1) is 20.8. The van der Waals surface area contributed by atoms with E-state index in [4.69, 9.17) is 14.5 Å². The molecule has 0 aliphatic carbocycles. The predicted octanol–water partition coefficient (Wildman–Crippen LogP) is 4.09. The van der Waals surface area contributed by atoms with Crippen molar-refractivity contribution in [3.8, 4) is 17.1 Å². The van der Waals surface area contributed by atoms with E-state index in [1.54, 1.807) is 28.5 Å². The predicted molar refractivity (Wildman–Crippen MR) is 160 cm³/mol. The average molecular weight is 587 g/mol. The van der Waals surface area contributed by atoms with Gasteiger partial charge in [-0.2, -0.15) is 0 Å². The van der Waals surface area contributed by atoms with Crippen molar-refractivity contribution < 1.29 is 24.2 Å². The lowest BCUT2D eigenvalue weighted by Crippen LogP contribution is -2.48. The Hall–Kier alpha value is -3.76. The summed E-state index contributed by atoms with van der Waals surface area (Å²) in [5, 5.41) is 12.1. The number of hydrogen-bond acceptors (Lipinski definition) is 8. The van der Waals surface area contributed by atoms with Gasteiger partial charge >= 0.3 is 12.1 Å². The van der Waals surface area contributed by atoms with Gasteiger partial charge in [-0.1, -0.05) is 20.3 Å². The molecule has 7 rings (SSSR count). The maximum Gasteiger partial charge on any atom is 0.415 e. The Morgan fingerprint density at radius 1 is 1.07 bits per heavy atom. The van der Waals surface area contributed by atoms with Gasteiger partial charge < -0.3 is 28.9 Å². The van der Waals surface area contributed by atoms with E-state index in [1.807, 2.05) is 12.1 Å². The van der Waals surface area contributed by atoms with Crippen molar-refractivity contribution in [2.45, 2.75) is 83.6 Å². The second kappa shape index (κ2) is 10.7. The first-order valence-electron chi connectivity index (χ1n) is 15.7. The van der Waals surface area contributed by atoms with E-state index < -0.39 is 11.6 Å². The topological polar surface area (TPSA) is 114 Å². The average Bonchev–Trinajstić information content (AvgIpc) is 3.40. The van der Waals surface area contributed by atoms with Crippen LogP contribution in [0.3, 0.4) is 0 Å². The van der Waals surface area contributed by atoms with Gasteiger partial charge in [0.15, 0.2) is 5.60 Å². The zero-order chi connectivity index (χ0) is 29.9. The Bertz CT molecular complexity index is 1690. The summed E-state index contributed by atoms with van der Waals surface area (Å²) >= 11 is 0. The molecule has 1 amide bonds. The van der Waals surface area contributed by atoms with Crippen LogP contribution in [0.2, 0.25) is 0 Å². The van der Waals surface area contributed by atoms with Gasteiger partial charge in [0, 0.05) is 41.7 Å². The van der Waals surface area contributed by atoms with Crippen molar-refractivity contribution in [2.75, 3.05) is 26.2 Å². The van der Waals surface area contributed by atoms with Crippen LogP contribution in [0.25, 0.3) is 22.3 Å². The third kappa shape index (κ3) is 4.53. The first kappa shape index (κ1) is 28.0. The summed E-state index contributed by atoms with van der Waals surface area (Å²) in [7, 11) is 0. The molecule has 0 unspecified atom stereocenters. The maximum atomic E-state index is 13.6. The molecule has 226 valence electrons. The molecule has 1 aromatic carbocycles. The highest BCUT2D eigenvalue weighted by molar-refractivity contribution is 5.90. The summed E-state index contributed by atoms with van der Waals surface area (Å²) in [6.45, 7) is 7.65. The monoisotopic (exact) mass is 586 g/mol. The zero-order valence-corrected chi connectivity index (χ0v) is 24.9. The van der Waals surface area contributed by atoms with E-state index in [2.05, 4.69) is 11.8 Å². The molecule has 4 aliphatic heterocycles. The number of rotatable bonds is 4. The number of likely N-dealkylation sites (tertiary alicyclic amines) is 2. The number of aryl methyl sites for hydroxylation is 1. The van der Waals surface area contributed by atoms with Crippen LogP contribution < -0.4 is 10.3 Å². The van der Waals surface area contributed by atoms with Gasteiger partial charge in [-0.15, -0.1) is 0 Å². The Balaban J connectivity index is 1.18. The summed E-state index contributed by atoms with van der Waals surface area (Å²) in [5.74, 6) is -0.318. The molecule has 0 bridgehead atoms. The van der Waals surface area contributed by atoms with Crippen LogP contribution in [0, 0.1) is 0 Å². The summed E-state index contributed by atoms with van der Waals surface area (Å²) < 4.78 is 12.7. The molecule has 2 aromatic heterocycles. The van der Waals surface area contributed by atoms with Crippen LogP contribution in [-0.4, -0.2) is 68.7 Å². The highest BCUT2D eigenvalue weighted by Crippen LogP contribution is 2.40. The molecular formula is C33H38N4O6.